The molecule has 2 atom stereocenters. The Kier molecular flexibility index (Phi) is 9.90. The topological polar surface area (TPSA) is 127 Å². The fourth-order valence-electron chi connectivity index (χ4n) is 5.93. The number of hydrogen-bond acceptors (Lipinski definition) is 7. The molecule has 2 aliphatic heterocycles. The van der Waals surface area contributed by atoms with Crippen molar-refractivity contribution in [3.05, 3.63) is 87.5 Å². The molecular formula is C30H35FIN5O4S. The average molecular weight is 708 g/mol. The molecule has 5 rings (SSSR count). The van der Waals surface area contributed by atoms with E-state index in [2.05, 4.69) is 38.2 Å². The van der Waals surface area contributed by atoms with Crippen molar-refractivity contribution in [2.75, 3.05) is 38.2 Å². The number of pyridine rings is 1. The lowest BCUT2D eigenvalue weighted by Crippen LogP contribution is -2.55. The number of anilines is 1. The summed E-state index contributed by atoms with van der Waals surface area (Å²) in [6.45, 7) is 2.24. The lowest BCUT2D eigenvalue weighted by atomic mass is 9.68. The first kappa shape index (κ1) is 31.0. The third kappa shape index (κ3) is 6.53. The van der Waals surface area contributed by atoms with Crippen molar-refractivity contribution in [2.24, 2.45) is 5.73 Å². The number of carbonyl (C=O) groups excluding carboxylic acids is 1. The number of aromatic nitrogens is 1. The Balaban J connectivity index is 1.35. The Morgan fingerprint density at radius 3 is 2.60 bits per heavy atom. The number of sulfonamides is 1. The summed E-state index contributed by atoms with van der Waals surface area (Å²) in [5.41, 5.74) is 7.52. The van der Waals surface area contributed by atoms with Gasteiger partial charge >= 0.3 is 0 Å². The number of carbonyl (C=O) groups is 1. The van der Waals surface area contributed by atoms with E-state index in [-0.39, 0.29) is 22.6 Å². The maximum absolute atomic E-state index is 15.2. The van der Waals surface area contributed by atoms with E-state index < -0.39 is 39.2 Å². The van der Waals surface area contributed by atoms with Gasteiger partial charge in [0.1, 0.15) is 5.82 Å². The van der Waals surface area contributed by atoms with E-state index in [0.717, 1.165) is 15.3 Å². The van der Waals surface area contributed by atoms with Gasteiger partial charge in [-0.2, -0.15) is 4.31 Å². The Morgan fingerprint density at radius 1 is 1.17 bits per heavy atom. The summed E-state index contributed by atoms with van der Waals surface area (Å²) in [5, 5.41) is 6.10. The number of benzene rings is 2. The zero-order chi connectivity index (χ0) is 29.7. The normalized spacial score (nSPS) is 20.1. The molecule has 224 valence electrons. The van der Waals surface area contributed by atoms with E-state index in [9.17, 15) is 13.2 Å². The van der Waals surface area contributed by atoms with Crippen molar-refractivity contribution < 1.29 is 22.3 Å². The SMILES string of the molecule is N[C@H](C(=O)Nc1cncc(F)c1CC[C@H]1CNCCN1S(=O)(=O)c1ccccc1)C1(c2ccc(I)cc2)CCOCC1. The van der Waals surface area contributed by atoms with Crippen LogP contribution in [0.4, 0.5) is 10.1 Å². The first-order chi connectivity index (χ1) is 20.2. The number of piperazine rings is 1. The van der Waals surface area contributed by atoms with E-state index in [4.69, 9.17) is 10.5 Å². The molecule has 9 nitrogen and oxygen atoms in total. The number of hydrogen-bond donors (Lipinski definition) is 3. The lowest BCUT2D eigenvalue weighted by molar-refractivity contribution is -0.120. The summed E-state index contributed by atoms with van der Waals surface area (Å²) in [6.07, 6.45) is 4.23. The minimum atomic E-state index is -3.72. The Labute approximate surface area is 259 Å². The molecule has 2 aliphatic rings. The molecule has 2 aromatic carbocycles. The van der Waals surface area contributed by atoms with Crippen molar-refractivity contribution in [1.82, 2.24) is 14.6 Å². The van der Waals surface area contributed by atoms with Gasteiger partial charge in [0.25, 0.3) is 0 Å². The molecule has 0 aliphatic carbocycles. The monoisotopic (exact) mass is 707 g/mol. The molecule has 3 aromatic rings. The molecule has 3 heterocycles. The van der Waals surface area contributed by atoms with Crippen molar-refractivity contribution in [3.63, 3.8) is 0 Å². The first-order valence-electron chi connectivity index (χ1n) is 14.0. The molecule has 0 bridgehead atoms. The van der Waals surface area contributed by atoms with E-state index in [1.807, 2.05) is 24.3 Å². The minimum Gasteiger partial charge on any atom is -0.381 e. The number of ether oxygens (including phenoxy) is 1. The quantitative estimate of drug-likeness (QED) is 0.291. The van der Waals surface area contributed by atoms with Crippen LogP contribution in [0.3, 0.4) is 0 Å². The van der Waals surface area contributed by atoms with Crippen LogP contribution in [0.2, 0.25) is 0 Å². The third-order valence-electron chi connectivity index (χ3n) is 8.32. The second-order valence-corrected chi connectivity index (χ2v) is 13.9. The van der Waals surface area contributed by atoms with Crippen molar-refractivity contribution in [3.8, 4) is 0 Å². The van der Waals surface area contributed by atoms with E-state index >= 15 is 4.39 Å². The zero-order valence-electron chi connectivity index (χ0n) is 23.1. The van der Waals surface area contributed by atoms with Crippen molar-refractivity contribution in [1.29, 1.82) is 0 Å². The molecule has 1 aromatic heterocycles. The van der Waals surface area contributed by atoms with Crippen LogP contribution in [0.5, 0.6) is 0 Å². The Hall–Kier alpha value is -2.49. The summed E-state index contributed by atoms with van der Waals surface area (Å²) >= 11 is 2.24. The fourth-order valence-corrected chi connectivity index (χ4v) is 7.96. The average Bonchev–Trinajstić information content (AvgIpc) is 3.01. The fraction of sp³-hybridized carbons (Fsp3) is 0.400. The summed E-state index contributed by atoms with van der Waals surface area (Å²) in [4.78, 5) is 17.8. The van der Waals surface area contributed by atoms with Gasteiger partial charge in [0.2, 0.25) is 15.9 Å². The van der Waals surface area contributed by atoms with E-state index in [1.54, 1.807) is 30.3 Å². The molecule has 0 saturated carbocycles. The summed E-state index contributed by atoms with van der Waals surface area (Å²) in [5.74, 6) is -1.00. The van der Waals surface area contributed by atoms with Gasteiger partial charge in [0, 0.05) is 53.4 Å². The van der Waals surface area contributed by atoms with Crippen LogP contribution >= 0.6 is 22.6 Å². The van der Waals surface area contributed by atoms with Crippen LogP contribution in [0.15, 0.2) is 71.9 Å². The maximum atomic E-state index is 15.2. The Bertz CT molecular complexity index is 1490. The van der Waals surface area contributed by atoms with Gasteiger partial charge in [0.15, 0.2) is 0 Å². The zero-order valence-corrected chi connectivity index (χ0v) is 26.1. The highest BCUT2D eigenvalue weighted by Crippen LogP contribution is 2.38. The van der Waals surface area contributed by atoms with Crippen molar-refractivity contribution in [2.45, 2.75) is 48.1 Å². The van der Waals surface area contributed by atoms with Crippen molar-refractivity contribution >= 4 is 44.2 Å². The van der Waals surface area contributed by atoms with Gasteiger partial charge in [-0.25, -0.2) is 12.8 Å². The predicted molar refractivity (Wildman–Crippen MR) is 167 cm³/mol. The number of amides is 1. The minimum absolute atomic E-state index is 0.197. The summed E-state index contributed by atoms with van der Waals surface area (Å²) < 4.78 is 50.2. The largest absolute Gasteiger partial charge is 0.381 e. The number of nitrogens with one attached hydrogen (secondary N) is 2. The number of halogens is 2. The maximum Gasteiger partial charge on any atom is 0.243 e. The van der Waals surface area contributed by atoms with Crippen LogP contribution in [0.1, 0.15) is 30.4 Å². The number of rotatable bonds is 9. The number of nitrogens with two attached hydrogens (primary N) is 1. The molecule has 2 saturated heterocycles. The van der Waals surface area contributed by atoms with Gasteiger partial charge in [0.05, 0.1) is 29.0 Å². The van der Waals surface area contributed by atoms with Gasteiger partial charge in [-0.3, -0.25) is 9.78 Å². The molecule has 42 heavy (non-hydrogen) atoms. The smallest absolute Gasteiger partial charge is 0.243 e. The van der Waals surface area contributed by atoms with Gasteiger partial charge < -0.3 is 21.1 Å². The predicted octanol–water partition coefficient (Wildman–Crippen LogP) is 3.43. The molecule has 12 heteroatoms. The second-order valence-electron chi connectivity index (χ2n) is 10.7. The van der Waals surface area contributed by atoms with Gasteiger partial charge in [-0.1, -0.05) is 30.3 Å². The molecular weight excluding hydrogens is 672 g/mol. The van der Waals surface area contributed by atoms with E-state index in [1.165, 1.54) is 10.5 Å². The van der Waals surface area contributed by atoms with Gasteiger partial charge in [-0.15, -0.1) is 0 Å². The third-order valence-corrected chi connectivity index (χ3v) is 11.0. The summed E-state index contributed by atoms with van der Waals surface area (Å²) in [6, 6.07) is 15.0. The summed E-state index contributed by atoms with van der Waals surface area (Å²) in [7, 11) is -3.72. The lowest BCUT2D eigenvalue weighted by Gasteiger charge is -2.41. The van der Waals surface area contributed by atoms with Gasteiger partial charge in [-0.05, 0) is 78.1 Å². The highest BCUT2D eigenvalue weighted by molar-refractivity contribution is 14.1. The molecule has 2 fully saturated rings. The van der Waals surface area contributed by atoms with Crippen LogP contribution in [0, 0.1) is 9.39 Å². The molecule has 1 amide bonds. The molecule has 0 unspecified atom stereocenters. The molecule has 0 radical (unpaired) electrons. The Morgan fingerprint density at radius 2 is 1.88 bits per heavy atom. The van der Waals surface area contributed by atoms with Crippen LogP contribution in [0.25, 0.3) is 0 Å². The highest BCUT2D eigenvalue weighted by atomic mass is 127. The second kappa shape index (κ2) is 13.4. The van der Waals surface area contributed by atoms with E-state index in [0.29, 0.717) is 52.1 Å². The number of nitrogens with zero attached hydrogens (tertiary/aromatic N) is 2. The van der Waals surface area contributed by atoms with Crippen LogP contribution in [-0.4, -0.2) is 68.5 Å². The molecule has 4 N–H and O–H groups in total. The standard InChI is InChI=1S/C30H35FIN5O4S/c31-26-19-35-20-27(36-29(38)28(33)30(12-16-41-17-13-30)21-6-8-22(32)9-7-21)25(26)11-10-23-18-34-14-15-37(23)42(39,40)24-4-2-1-3-5-24/h1-9,19-20,23,28,34H,10-18,33H2,(H,36,38)/t23-,28+/m0/s1. The highest BCUT2D eigenvalue weighted by Gasteiger charge is 2.44. The van der Waals surface area contributed by atoms with Crippen LogP contribution < -0.4 is 16.4 Å². The molecule has 0 spiro atoms. The first-order valence-corrected chi connectivity index (χ1v) is 16.5. The van der Waals surface area contributed by atoms with Crippen LogP contribution in [-0.2, 0) is 31.4 Å².